The van der Waals surface area contributed by atoms with Gasteiger partial charge in [0.15, 0.2) is 0 Å². The minimum absolute atomic E-state index is 0.0127. The molecule has 3 rings (SSSR count). The van der Waals surface area contributed by atoms with E-state index in [9.17, 15) is 4.79 Å². The standard InChI is InChI=1S/C21H23N3O2/c1-16-22-12-13-24(16)14-17-8-10-18(11-9-17)21(25)23(2)15-19-6-4-5-7-20(19)26-3/h4-13H,14-15H2,1-3H3. The maximum Gasteiger partial charge on any atom is 0.253 e. The van der Waals surface area contributed by atoms with E-state index in [2.05, 4.69) is 9.55 Å². The molecule has 0 radical (unpaired) electrons. The highest BCUT2D eigenvalue weighted by molar-refractivity contribution is 5.94. The highest BCUT2D eigenvalue weighted by Crippen LogP contribution is 2.19. The number of amides is 1. The number of methoxy groups -OCH3 is 1. The first kappa shape index (κ1) is 17.7. The average Bonchev–Trinajstić information content (AvgIpc) is 3.07. The van der Waals surface area contributed by atoms with Crippen molar-refractivity contribution in [3.63, 3.8) is 0 Å². The van der Waals surface area contributed by atoms with Crippen LogP contribution in [0.5, 0.6) is 5.75 Å². The van der Waals surface area contributed by atoms with E-state index >= 15 is 0 Å². The van der Waals surface area contributed by atoms with Gasteiger partial charge in [0.05, 0.1) is 7.11 Å². The van der Waals surface area contributed by atoms with Gasteiger partial charge in [0.2, 0.25) is 0 Å². The van der Waals surface area contributed by atoms with Gasteiger partial charge < -0.3 is 14.2 Å². The predicted octanol–water partition coefficient (Wildman–Crippen LogP) is 3.52. The van der Waals surface area contributed by atoms with E-state index in [1.165, 1.54) is 0 Å². The van der Waals surface area contributed by atoms with Gasteiger partial charge in [0.25, 0.3) is 5.91 Å². The zero-order valence-electron chi connectivity index (χ0n) is 15.3. The normalized spacial score (nSPS) is 10.6. The molecule has 0 aliphatic heterocycles. The summed E-state index contributed by atoms with van der Waals surface area (Å²) in [5, 5.41) is 0. The van der Waals surface area contributed by atoms with Crippen LogP contribution in [-0.2, 0) is 13.1 Å². The van der Waals surface area contributed by atoms with Crippen LogP contribution in [0, 0.1) is 6.92 Å². The van der Waals surface area contributed by atoms with Crippen LogP contribution in [0.1, 0.15) is 27.3 Å². The second kappa shape index (κ2) is 7.87. The lowest BCUT2D eigenvalue weighted by molar-refractivity contribution is 0.0784. The minimum Gasteiger partial charge on any atom is -0.496 e. The van der Waals surface area contributed by atoms with Crippen LogP contribution in [0.15, 0.2) is 60.9 Å². The maximum absolute atomic E-state index is 12.7. The third-order valence-corrected chi connectivity index (χ3v) is 4.42. The lowest BCUT2D eigenvalue weighted by Crippen LogP contribution is -2.26. The molecule has 0 bridgehead atoms. The van der Waals surface area contributed by atoms with Crippen molar-refractivity contribution in [3.8, 4) is 5.75 Å². The number of aromatic nitrogens is 2. The molecule has 0 aliphatic carbocycles. The number of ether oxygens (including phenoxy) is 1. The second-order valence-corrected chi connectivity index (χ2v) is 6.27. The molecule has 1 amide bonds. The lowest BCUT2D eigenvalue weighted by Gasteiger charge is -2.19. The molecule has 0 spiro atoms. The summed E-state index contributed by atoms with van der Waals surface area (Å²) in [5.41, 5.74) is 2.79. The Morgan fingerprint density at radius 1 is 1.15 bits per heavy atom. The second-order valence-electron chi connectivity index (χ2n) is 6.27. The average molecular weight is 349 g/mol. The number of rotatable bonds is 6. The fourth-order valence-electron chi connectivity index (χ4n) is 2.90. The summed E-state index contributed by atoms with van der Waals surface area (Å²) in [6.45, 7) is 3.22. The molecule has 5 heteroatoms. The fourth-order valence-corrected chi connectivity index (χ4v) is 2.90. The van der Waals surface area contributed by atoms with Crippen molar-refractivity contribution >= 4 is 5.91 Å². The summed E-state index contributed by atoms with van der Waals surface area (Å²) in [5.74, 6) is 1.75. The lowest BCUT2D eigenvalue weighted by atomic mass is 10.1. The van der Waals surface area contributed by atoms with Gasteiger partial charge in [-0.3, -0.25) is 4.79 Å². The molecule has 134 valence electrons. The molecule has 3 aromatic rings. The number of hydrogen-bond donors (Lipinski definition) is 0. The Balaban J connectivity index is 1.68. The number of benzene rings is 2. The molecule has 2 aromatic carbocycles. The van der Waals surface area contributed by atoms with Crippen LogP contribution < -0.4 is 4.74 Å². The zero-order valence-corrected chi connectivity index (χ0v) is 15.3. The molecular formula is C21H23N3O2. The molecule has 26 heavy (non-hydrogen) atoms. The number of nitrogens with zero attached hydrogens (tertiary/aromatic N) is 3. The molecule has 0 saturated heterocycles. The van der Waals surface area contributed by atoms with E-state index in [4.69, 9.17) is 4.74 Å². The predicted molar refractivity (Wildman–Crippen MR) is 101 cm³/mol. The van der Waals surface area contributed by atoms with E-state index in [-0.39, 0.29) is 5.91 Å². The van der Waals surface area contributed by atoms with Crippen molar-refractivity contribution in [2.75, 3.05) is 14.2 Å². The molecular weight excluding hydrogens is 326 g/mol. The van der Waals surface area contributed by atoms with Crippen LogP contribution in [0.3, 0.4) is 0 Å². The van der Waals surface area contributed by atoms with E-state index in [1.54, 1.807) is 25.3 Å². The Hall–Kier alpha value is -3.08. The van der Waals surface area contributed by atoms with E-state index in [0.717, 1.165) is 29.2 Å². The van der Waals surface area contributed by atoms with Crippen molar-refractivity contribution in [1.82, 2.24) is 14.5 Å². The third-order valence-electron chi connectivity index (χ3n) is 4.42. The zero-order chi connectivity index (χ0) is 18.5. The summed E-state index contributed by atoms with van der Waals surface area (Å²) < 4.78 is 7.44. The highest BCUT2D eigenvalue weighted by Gasteiger charge is 2.14. The summed E-state index contributed by atoms with van der Waals surface area (Å²) in [7, 11) is 3.44. The third kappa shape index (κ3) is 3.94. The van der Waals surface area contributed by atoms with Crippen molar-refractivity contribution in [2.24, 2.45) is 0 Å². The van der Waals surface area contributed by atoms with Gasteiger partial charge in [-0.05, 0) is 30.7 Å². The van der Waals surface area contributed by atoms with Crippen LogP contribution in [0.4, 0.5) is 0 Å². The van der Waals surface area contributed by atoms with Crippen LogP contribution in [-0.4, -0.2) is 34.5 Å². The first-order valence-corrected chi connectivity index (χ1v) is 8.52. The number of carbonyl (C=O) groups is 1. The highest BCUT2D eigenvalue weighted by atomic mass is 16.5. The van der Waals surface area contributed by atoms with Gasteiger partial charge in [-0.2, -0.15) is 0 Å². The number of para-hydroxylation sites is 1. The number of imidazole rings is 1. The first-order valence-electron chi connectivity index (χ1n) is 8.52. The quantitative estimate of drug-likeness (QED) is 0.684. The Labute approximate surface area is 153 Å². The molecule has 1 aromatic heterocycles. The Morgan fingerprint density at radius 3 is 2.54 bits per heavy atom. The molecule has 1 heterocycles. The van der Waals surface area contributed by atoms with Gasteiger partial charge >= 0.3 is 0 Å². The molecule has 5 nitrogen and oxygen atoms in total. The Kier molecular flexibility index (Phi) is 5.37. The van der Waals surface area contributed by atoms with Crippen molar-refractivity contribution in [1.29, 1.82) is 0 Å². The van der Waals surface area contributed by atoms with Crippen LogP contribution >= 0.6 is 0 Å². The van der Waals surface area contributed by atoms with Crippen LogP contribution in [0.2, 0.25) is 0 Å². The van der Waals surface area contributed by atoms with E-state index < -0.39 is 0 Å². The van der Waals surface area contributed by atoms with Crippen molar-refractivity contribution < 1.29 is 9.53 Å². The number of carbonyl (C=O) groups excluding carboxylic acids is 1. The van der Waals surface area contributed by atoms with Crippen molar-refractivity contribution in [3.05, 3.63) is 83.4 Å². The molecule has 0 fully saturated rings. The summed E-state index contributed by atoms with van der Waals surface area (Å²) >= 11 is 0. The molecule has 0 N–H and O–H groups in total. The minimum atomic E-state index is -0.0127. The van der Waals surface area contributed by atoms with Crippen LogP contribution in [0.25, 0.3) is 0 Å². The van der Waals surface area contributed by atoms with Gasteiger partial charge in [-0.25, -0.2) is 4.98 Å². The van der Waals surface area contributed by atoms with E-state index in [1.807, 2.05) is 61.7 Å². The molecule has 0 saturated carbocycles. The van der Waals surface area contributed by atoms with Gasteiger partial charge in [-0.1, -0.05) is 30.3 Å². The largest absolute Gasteiger partial charge is 0.496 e. The maximum atomic E-state index is 12.7. The summed E-state index contributed by atoms with van der Waals surface area (Å²) in [6.07, 6.45) is 3.75. The molecule has 0 unspecified atom stereocenters. The molecule has 0 aliphatic rings. The van der Waals surface area contributed by atoms with Gasteiger partial charge in [-0.15, -0.1) is 0 Å². The molecule has 0 atom stereocenters. The van der Waals surface area contributed by atoms with E-state index in [0.29, 0.717) is 12.1 Å². The fraction of sp³-hybridized carbons (Fsp3) is 0.238. The van der Waals surface area contributed by atoms with Crippen molar-refractivity contribution in [2.45, 2.75) is 20.0 Å². The van der Waals surface area contributed by atoms with Gasteiger partial charge in [0, 0.05) is 43.7 Å². The topological polar surface area (TPSA) is 47.4 Å². The first-order chi connectivity index (χ1) is 12.6. The summed E-state index contributed by atoms with van der Waals surface area (Å²) in [4.78, 5) is 18.6. The Morgan fingerprint density at radius 2 is 1.88 bits per heavy atom. The monoisotopic (exact) mass is 349 g/mol. The number of hydrogen-bond acceptors (Lipinski definition) is 3. The Bertz CT molecular complexity index is 884. The SMILES string of the molecule is COc1ccccc1CN(C)C(=O)c1ccc(Cn2ccnc2C)cc1. The number of aryl methyl sites for hydroxylation is 1. The summed E-state index contributed by atoms with van der Waals surface area (Å²) in [6, 6.07) is 15.5. The van der Waals surface area contributed by atoms with Gasteiger partial charge in [0.1, 0.15) is 11.6 Å². The smallest absolute Gasteiger partial charge is 0.253 e.